The van der Waals surface area contributed by atoms with Crippen molar-refractivity contribution in [2.24, 2.45) is 5.73 Å². The average molecular weight is 240 g/mol. The van der Waals surface area contributed by atoms with E-state index in [1.165, 1.54) is 11.1 Å². The first-order valence-electron chi connectivity index (χ1n) is 5.70. The number of nitrogens with two attached hydrogens (primary N) is 1. The Morgan fingerprint density at radius 3 is 2.88 bits per heavy atom. The maximum absolute atomic E-state index is 11.6. The summed E-state index contributed by atoms with van der Waals surface area (Å²) >= 11 is 1.66. The summed E-state index contributed by atoms with van der Waals surface area (Å²) in [5.74, 6) is -0.0425. The predicted octanol–water partition coefficient (Wildman–Crippen LogP) is 2.19. The fourth-order valence-corrected chi connectivity index (χ4v) is 2.29. The van der Waals surface area contributed by atoms with Crippen LogP contribution in [0.15, 0.2) is 10.8 Å². The van der Waals surface area contributed by atoms with Crippen LogP contribution in [0.25, 0.3) is 0 Å². The highest BCUT2D eigenvalue weighted by molar-refractivity contribution is 7.08. The van der Waals surface area contributed by atoms with Crippen molar-refractivity contribution in [2.75, 3.05) is 0 Å². The van der Waals surface area contributed by atoms with Gasteiger partial charge in [0.2, 0.25) is 5.91 Å². The van der Waals surface area contributed by atoms with Gasteiger partial charge in [-0.25, -0.2) is 0 Å². The van der Waals surface area contributed by atoms with Crippen LogP contribution in [-0.2, 0) is 11.3 Å². The summed E-state index contributed by atoms with van der Waals surface area (Å²) in [5.41, 5.74) is 8.18. The van der Waals surface area contributed by atoms with Crippen molar-refractivity contribution >= 4 is 17.2 Å². The van der Waals surface area contributed by atoms with E-state index in [1.54, 1.807) is 11.3 Å². The normalized spacial score (nSPS) is 12.4. The second kappa shape index (κ2) is 6.66. The van der Waals surface area contributed by atoms with E-state index in [4.69, 9.17) is 5.73 Å². The Balaban J connectivity index is 2.32. The molecule has 4 heteroatoms. The van der Waals surface area contributed by atoms with Crippen molar-refractivity contribution in [3.8, 4) is 0 Å². The monoisotopic (exact) mass is 240 g/mol. The highest BCUT2D eigenvalue weighted by atomic mass is 32.1. The summed E-state index contributed by atoms with van der Waals surface area (Å²) < 4.78 is 0. The molecule has 0 aromatic carbocycles. The molecule has 16 heavy (non-hydrogen) atoms. The zero-order valence-corrected chi connectivity index (χ0v) is 10.8. The fourth-order valence-electron chi connectivity index (χ4n) is 1.44. The van der Waals surface area contributed by atoms with Gasteiger partial charge in [-0.1, -0.05) is 19.8 Å². The molecule has 3 nitrogen and oxygen atoms in total. The number of amides is 1. The molecule has 1 aromatic heterocycles. The molecule has 3 N–H and O–H groups in total. The maximum atomic E-state index is 11.6. The Morgan fingerprint density at radius 2 is 2.31 bits per heavy atom. The minimum Gasteiger partial charge on any atom is -0.351 e. The van der Waals surface area contributed by atoms with E-state index >= 15 is 0 Å². The number of hydrogen-bond donors (Lipinski definition) is 2. The molecule has 1 atom stereocenters. The molecule has 0 aliphatic carbocycles. The highest BCUT2D eigenvalue weighted by Gasteiger charge is 2.12. The van der Waals surface area contributed by atoms with Gasteiger partial charge in [0.15, 0.2) is 0 Å². The van der Waals surface area contributed by atoms with E-state index in [1.807, 2.05) is 0 Å². The Bertz CT molecular complexity index is 336. The first-order chi connectivity index (χ1) is 7.65. The number of aryl methyl sites for hydroxylation is 1. The van der Waals surface area contributed by atoms with Gasteiger partial charge >= 0.3 is 0 Å². The lowest BCUT2D eigenvalue weighted by atomic mass is 10.1. The third-order valence-electron chi connectivity index (χ3n) is 2.62. The van der Waals surface area contributed by atoms with Crippen molar-refractivity contribution in [2.45, 2.75) is 45.7 Å². The molecular weight excluding hydrogens is 220 g/mol. The molecule has 0 unspecified atom stereocenters. The molecule has 0 bridgehead atoms. The molecule has 0 spiro atoms. The van der Waals surface area contributed by atoms with E-state index in [9.17, 15) is 4.79 Å². The molecule has 0 saturated heterocycles. The van der Waals surface area contributed by atoms with Gasteiger partial charge in [-0.15, -0.1) is 0 Å². The van der Waals surface area contributed by atoms with Gasteiger partial charge in [0, 0.05) is 6.54 Å². The minimum absolute atomic E-state index is 0.0425. The van der Waals surface area contributed by atoms with E-state index in [0.29, 0.717) is 6.54 Å². The second-order valence-corrected chi connectivity index (χ2v) is 4.79. The zero-order chi connectivity index (χ0) is 12.0. The van der Waals surface area contributed by atoms with Gasteiger partial charge in [0.05, 0.1) is 6.04 Å². The van der Waals surface area contributed by atoms with Gasteiger partial charge in [-0.05, 0) is 35.2 Å². The van der Waals surface area contributed by atoms with Gasteiger partial charge in [0.1, 0.15) is 0 Å². The van der Waals surface area contributed by atoms with Gasteiger partial charge in [-0.3, -0.25) is 4.79 Å². The number of carbonyl (C=O) groups excluding carboxylic acids is 1. The van der Waals surface area contributed by atoms with Crippen LogP contribution in [-0.4, -0.2) is 11.9 Å². The molecule has 0 fully saturated rings. The predicted molar refractivity (Wildman–Crippen MR) is 68.4 cm³/mol. The van der Waals surface area contributed by atoms with E-state index in [2.05, 4.69) is 29.9 Å². The first-order valence-corrected chi connectivity index (χ1v) is 6.64. The number of nitrogens with one attached hydrogen (secondary N) is 1. The van der Waals surface area contributed by atoms with E-state index in [0.717, 1.165) is 19.3 Å². The number of thiophene rings is 1. The van der Waals surface area contributed by atoms with Crippen molar-refractivity contribution in [3.05, 3.63) is 21.9 Å². The number of hydrogen-bond acceptors (Lipinski definition) is 3. The zero-order valence-electron chi connectivity index (χ0n) is 9.95. The lowest BCUT2D eigenvalue weighted by Gasteiger charge is -2.11. The third kappa shape index (κ3) is 3.94. The quantitative estimate of drug-likeness (QED) is 0.801. The molecule has 1 rings (SSSR count). The van der Waals surface area contributed by atoms with E-state index < -0.39 is 0 Å². The highest BCUT2D eigenvalue weighted by Crippen LogP contribution is 2.13. The van der Waals surface area contributed by atoms with Crippen molar-refractivity contribution < 1.29 is 4.79 Å². The summed E-state index contributed by atoms with van der Waals surface area (Å²) in [6.45, 7) is 4.74. The largest absolute Gasteiger partial charge is 0.351 e. The van der Waals surface area contributed by atoms with Crippen molar-refractivity contribution in [1.82, 2.24) is 5.32 Å². The Labute approximate surface area is 101 Å². The summed E-state index contributed by atoms with van der Waals surface area (Å²) in [4.78, 5) is 11.6. The van der Waals surface area contributed by atoms with Gasteiger partial charge in [0.25, 0.3) is 0 Å². The standard InChI is InChI=1S/C12H20N2OS/c1-3-4-5-11(13)12(15)14-6-10-8-16-7-9(10)2/h7-8,11H,3-6,13H2,1-2H3,(H,14,15)/t11-/m0/s1. The van der Waals surface area contributed by atoms with Crippen LogP contribution in [0, 0.1) is 6.92 Å². The summed E-state index contributed by atoms with van der Waals surface area (Å²) in [6.07, 6.45) is 2.85. The number of carbonyl (C=O) groups is 1. The Morgan fingerprint density at radius 1 is 1.56 bits per heavy atom. The maximum Gasteiger partial charge on any atom is 0.237 e. The van der Waals surface area contributed by atoms with E-state index in [-0.39, 0.29) is 11.9 Å². The molecule has 1 aromatic rings. The molecule has 1 amide bonds. The summed E-state index contributed by atoms with van der Waals surface area (Å²) in [6, 6.07) is -0.362. The first kappa shape index (κ1) is 13.2. The molecule has 0 saturated carbocycles. The second-order valence-electron chi connectivity index (χ2n) is 4.05. The molecule has 0 aliphatic heterocycles. The van der Waals surface area contributed by atoms with Crippen LogP contribution in [0.5, 0.6) is 0 Å². The summed E-state index contributed by atoms with van der Waals surface area (Å²) in [7, 11) is 0. The smallest absolute Gasteiger partial charge is 0.237 e. The van der Waals surface area contributed by atoms with Crippen LogP contribution in [0.4, 0.5) is 0 Å². The van der Waals surface area contributed by atoms with Crippen LogP contribution in [0.3, 0.4) is 0 Å². The van der Waals surface area contributed by atoms with Crippen LogP contribution >= 0.6 is 11.3 Å². The lowest BCUT2D eigenvalue weighted by molar-refractivity contribution is -0.122. The molecule has 90 valence electrons. The third-order valence-corrected chi connectivity index (χ3v) is 3.53. The van der Waals surface area contributed by atoms with Crippen LogP contribution < -0.4 is 11.1 Å². The Kier molecular flexibility index (Phi) is 5.49. The fraction of sp³-hybridized carbons (Fsp3) is 0.583. The molecular formula is C12H20N2OS. The van der Waals surface area contributed by atoms with Crippen LogP contribution in [0.1, 0.15) is 37.3 Å². The van der Waals surface area contributed by atoms with Gasteiger partial charge in [-0.2, -0.15) is 11.3 Å². The average Bonchev–Trinajstić information content (AvgIpc) is 2.68. The molecule has 0 radical (unpaired) electrons. The Hall–Kier alpha value is -0.870. The van der Waals surface area contributed by atoms with Crippen molar-refractivity contribution in [3.63, 3.8) is 0 Å². The molecule has 1 heterocycles. The van der Waals surface area contributed by atoms with Crippen molar-refractivity contribution in [1.29, 1.82) is 0 Å². The number of rotatable bonds is 6. The van der Waals surface area contributed by atoms with Gasteiger partial charge < -0.3 is 11.1 Å². The molecule has 0 aliphatic rings. The SMILES string of the molecule is CCCC[C@H](N)C(=O)NCc1cscc1C. The topological polar surface area (TPSA) is 55.1 Å². The number of unbranched alkanes of at least 4 members (excludes halogenated alkanes) is 1. The van der Waals surface area contributed by atoms with Crippen LogP contribution in [0.2, 0.25) is 0 Å². The minimum atomic E-state index is -0.362. The summed E-state index contributed by atoms with van der Waals surface area (Å²) in [5, 5.41) is 7.02. The lowest BCUT2D eigenvalue weighted by Crippen LogP contribution is -2.40.